The van der Waals surface area contributed by atoms with Crippen molar-refractivity contribution in [2.45, 2.75) is 90.6 Å². The highest BCUT2D eigenvalue weighted by atomic mass is 15.2. The largest absolute Gasteiger partial charge is 0.327 e. The van der Waals surface area contributed by atoms with Crippen LogP contribution in [0.4, 0.5) is 0 Å². The second-order valence-corrected chi connectivity index (χ2v) is 8.18. The minimum absolute atomic E-state index is 0.453. The van der Waals surface area contributed by atoms with Crippen molar-refractivity contribution >= 4 is 0 Å². The maximum atomic E-state index is 6.49. The Labute approximate surface area is 132 Å². The number of hydrogen-bond acceptors (Lipinski definition) is 2. The first kappa shape index (κ1) is 17.3. The lowest BCUT2D eigenvalue weighted by Gasteiger charge is -2.40. The Morgan fingerprint density at radius 2 is 1.81 bits per heavy atom. The van der Waals surface area contributed by atoms with Crippen LogP contribution in [0.3, 0.4) is 0 Å². The molecule has 0 saturated heterocycles. The molecular weight excluding hydrogens is 256 g/mol. The Kier molecular flexibility index (Phi) is 7.01. The van der Waals surface area contributed by atoms with Gasteiger partial charge in [-0.2, -0.15) is 0 Å². The Bertz CT molecular complexity index is 283. The van der Waals surface area contributed by atoms with Crippen molar-refractivity contribution < 1.29 is 0 Å². The zero-order valence-corrected chi connectivity index (χ0v) is 14.7. The van der Waals surface area contributed by atoms with Crippen molar-refractivity contribution in [1.29, 1.82) is 0 Å². The third-order valence-corrected chi connectivity index (χ3v) is 5.76. The Hall–Kier alpha value is -0.0800. The number of nitrogens with zero attached hydrogens (tertiary/aromatic N) is 1. The summed E-state index contributed by atoms with van der Waals surface area (Å²) in [6, 6.07) is 1.31. The Morgan fingerprint density at radius 1 is 1.10 bits per heavy atom. The molecule has 0 aromatic carbocycles. The average molecular weight is 295 g/mol. The van der Waals surface area contributed by atoms with E-state index in [0.717, 1.165) is 23.8 Å². The third-order valence-electron chi connectivity index (χ3n) is 5.76. The van der Waals surface area contributed by atoms with Crippen molar-refractivity contribution in [3.05, 3.63) is 0 Å². The van der Waals surface area contributed by atoms with E-state index in [2.05, 4.69) is 25.7 Å². The van der Waals surface area contributed by atoms with Crippen LogP contribution in [0.15, 0.2) is 0 Å². The summed E-state index contributed by atoms with van der Waals surface area (Å²) in [4.78, 5) is 2.82. The number of rotatable bonds is 7. The minimum Gasteiger partial charge on any atom is -0.327 e. The molecule has 3 atom stereocenters. The summed E-state index contributed by atoms with van der Waals surface area (Å²) in [6.07, 6.45) is 12.5. The summed E-state index contributed by atoms with van der Waals surface area (Å²) in [5.74, 6) is 2.47. The van der Waals surface area contributed by atoms with E-state index in [1.54, 1.807) is 0 Å². The first-order chi connectivity index (χ1) is 10.1. The van der Waals surface area contributed by atoms with Gasteiger partial charge in [-0.15, -0.1) is 0 Å². The van der Waals surface area contributed by atoms with Crippen LogP contribution in [-0.2, 0) is 0 Å². The SMILES string of the molecule is CCCC1CCC(N)C(CN(CC(C)C)C2CCCC2)C1. The number of nitrogens with two attached hydrogens (primary N) is 1. The molecule has 2 aliphatic carbocycles. The molecule has 2 heteroatoms. The van der Waals surface area contributed by atoms with Crippen LogP contribution >= 0.6 is 0 Å². The smallest absolute Gasteiger partial charge is 0.00954 e. The van der Waals surface area contributed by atoms with Crippen LogP contribution in [-0.4, -0.2) is 30.1 Å². The molecule has 0 amide bonds. The zero-order chi connectivity index (χ0) is 15.2. The molecule has 2 fully saturated rings. The van der Waals surface area contributed by atoms with Gasteiger partial charge in [-0.05, 0) is 49.9 Å². The molecular formula is C19H38N2. The molecule has 2 aliphatic rings. The van der Waals surface area contributed by atoms with Crippen molar-refractivity contribution in [3.63, 3.8) is 0 Å². The topological polar surface area (TPSA) is 29.3 Å². The van der Waals surface area contributed by atoms with Gasteiger partial charge in [0.05, 0.1) is 0 Å². The zero-order valence-electron chi connectivity index (χ0n) is 14.7. The van der Waals surface area contributed by atoms with Gasteiger partial charge in [0.2, 0.25) is 0 Å². The molecule has 0 aromatic rings. The predicted octanol–water partition coefficient (Wildman–Crippen LogP) is 4.43. The van der Waals surface area contributed by atoms with E-state index in [4.69, 9.17) is 5.73 Å². The molecule has 0 aromatic heterocycles. The maximum absolute atomic E-state index is 6.49. The lowest BCUT2D eigenvalue weighted by molar-refractivity contribution is 0.109. The van der Waals surface area contributed by atoms with Gasteiger partial charge in [-0.3, -0.25) is 4.90 Å². The van der Waals surface area contributed by atoms with Gasteiger partial charge in [0, 0.05) is 25.2 Å². The summed E-state index contributed by atoms with van der Waals surface area (Å²) < 4.78 is 0. The van der Waals surface area contributed by atoms with Gasteiger partial charge < -0.3 is 5.73 Å². The molecule has 124 valence electrons. The van der Waals surface area contributed by atoms with Crippen LogP contribution in [0.1, 0.15) is 78.6 Å². The highest BCUT2D eigenvalue weighted by Crippen LogP contribution is 2.33. The number of hydrogen-bond donors (Lipinski definition) is 1. The van der Waals surface area contributed by atoms with E-state index in [1.807, 2.05) is 0 Å². The summed E-state index contributed by atoms with van der Waals surface area (Å²) in [5.41, 5.74) is 6.49. The van der Waals surface area contributed by atoms with Gasteiger partial charge in [0.15, 0.2) is 0 Å². The van der Waals surface area contributed by atoms with Gasteiger partial charge in [0.25, 0.3) is 0 Å². The Balaban J connectivity index is 1.93. The van der Waals surface area contributed by atoms with E-state index in [-0.39, 0.29) is 0 Å². The van der Waals surface area contributed by atoms with E-state index >= 15 is 0 Å². The second-order valence-electron chi connectivity index (χ2n) is 8.18. The maximum Gasteiger partial charge on any atom is 0.00954 e. The first-order valence-electron chi connectivity index (χ1n) is 9.59. The highest BCUT2D eigenvalue weighted by molar-refractivity contribution is 4.87. The van der Waals surface area contributed by atoms with Crippen molar-refractivity contribution in [3.8, 4) is 0 Å². The first-order valence-corrected chi connectivity index (χ1v) is 9.59. The molecule has 2 N–H and O–H groups in total. The molecule has 2 nitrogen and oxygen atoms in total. The minimum atomic E-state index is 0.453. The predicted molar refractivity (Wildman–Crippen MR) is 92.4 cm³/mol. The molecule has 3 unspecified atom stereocenters. The molecule has 2 rings (SSSR count). The van der Waals surface area contributed by atoms with E-state index < -0.39 is 0 Å². The Morgan fingerprint density at radius 3 is 2.43 bits per heavy atom. The molecule has 2 saturated carbocycles. The van der Waals surface area contributed by atoms with Crippen molar-refractivity contribution in [1.82, 2.24) is 4.90 Å². The average Bonchev–Trinajstić information content (AvgIpc) is 2.95. The summed E-state index contributed by atoms with van der Waals surface area (Å²) in [5, 5.41) is 0. The summed E-state index contributed by atoms with van der Waals surface area (Å²) in [7, 11) is 0. The molecule has 0 radical (unpaired) electrons. The van der Waals surface area contributed by atoms with Crippen LogP contribution in [0.5, 0.6) is 0 Å². The lowest BCUT2D eigenvalue weighted by Crippen LogP contribution is -2.46. The van der Waals surface area contributed by atoms with E-state index in [9.17, 15) is 0 Å². The molecule has 0 aliphatic heterocycles. The van der Waals surface area contributed by atoms with Crippen LogP contribution in [0.25, 0.3) is 0 Å². The third kappa shape index (κ3) is 5.25. The van der Waals surface area contributed by atoms with Gasteiger partial charge in [-0.1, -0.05) is 46.5 Å². The van der Waals surface area contributed by atoms with Gasteiger partial charge >= 0.3 is 0 Å². The highest BCUT2D eigenvalue weighted by Gasteiger charge is 2.32. The molecule has 0 bridgehead atoms. The standard InChI is InChI=1S/C19H38N2/c1-4-7-16-10-11-19(20)17(12-16)14-21(13-15(2)3)18-8-5-6-9-18/h15-19H,4-14,20H2,1-3H3. The van der Waals surface area contributed by atoms with Gasteiger partial charge in [-0.25, -0.2) is 0 Å². The van der Waals surface area contributed by atoms with E-state index in [0.29, 0.717) is 6.04 Å². The fourth-order valence-corrected chi connectivity index (χ4v) is 4.68. The van der Waals surface area contributed by atoms with Crippen molar-refractivity contribution in [2.24, 2.45) is 23.5 Å². The van der Waals surface area contributed by atoms with Crippen molar-refractivity contribution in [2.75, 3.05) is 13.1 Å². The fraction of sp³-hybridized carbons (Fsp3) is 1.00. The second kappa shape index (κ2) is 8.53. The lowest BCUT2D eigenvalue weighted by atomic mass is 9.76. The van der Waals surface area contributed by atoms with Gasteiger partial charge in [0.1, 0.15) is 0 Å². The monoisotopic (exact) mass is 294 g/mol. The molecule has 0 heterocycles. The summed E-state index contributed by atoms with van der Waals surface area (Å²) in [6.45, 7) is 9.59. The van der Waals surface area contributed by atoms with E-state index in [1.165, 1.54) is 70.9 Å². The molecule has 0 spiro atoms. The fourth-order valence-electron chi connectivity index (χ4n) is 4.68. The van der Waals surface area contributed by atoms with Crippen LogP contribution < -0.4 is 5.73 Å². The summed E-state index contributed by atoms with van der Waals surface area (Å²) >= 11 is 0. The van der Waals surface area contributed by atoms with Crippen LogP contribution in [0, 0.1) is 17.8 Å². The van der Waals surface area contributed by atoms with Crippen LogP contribution in [0.2, 0.25) is 0 Å². The molecule has 21 heavy (non-hydrogen) atoms. The normalized spacial score (nSPS) is 31.4. The quantitative estimate of drug-likeness (QED) is 0.752.